The van der Waals surface area contributed by atoms with Gasteiger partial charge in [-0.15, -0.1) is 0 Å². The summed E-state index contributed by atoms with van der Waals surface area (Å²) < 4.78 is 5.43. The Bertz CT molecular complexity index is 1140. The Morgan fingerprint density at radius 1 is 1.03 bits per heavy atom. The maximum absolute atomic E-state index is 13.3. The molecule has 1 aliphatic heterocycles. The summed E-state index contributed by atoms with van der Waals surface area (Å²) in [4.78, 5) is 13.3. The molecule has 1 heterocycles. The number of hydrogen-bond donors (Lipinski definition) is 1. The molecule has 4 atom stereocenters. The number of rotatable bonds is 2. The van der Waals surface area contributed by atoms with E-state index in [1.54, 1.807) is 7.11 Å². The molecule has 4 aliphatic rings. The van der Waals surface area contributed by atoms with Crippen LogP contribution in [0.2, 0.25) is 0 Å². The molecule has 7 rings (SSSR count). The smallest absolute Gasteiger partial charge is 0.314 e. The number of carbonyl (C=O) groups is 1. The third kappa shape index (κ3) is 1.99. The lowest BCUT2D eigenvalue weighted by Gasteiger charge is -2.59. The van der Waals surface area contributed by atoms with Gasteiger partial charge >= 0.3 is 5.97 Å². The van der Waals surface area contributed by atoms with Gasteiger partial charge in [0, 0.05) is 30.3 Å². The number of esters is 1. The molecule has 0 amide bonds. The lowest BCUT2D eigenvalue weighted by Crippen LogP contribution is -2.60. The van der Waals surface area contributed by atoms with Gasteiger partial charge in [-0.3, -0.25) is 4.79 Å². The first-order valence-corrected chi connectivity index (χ1v) is 10.6. The lowest BCUT2D eigenvalue weighted by atomic mass is 9.42. The molecule has 0 spiro atoms. The molecule has 3 aliphatic carbocycles. The second-order valence-electron chi connectivity index (χ2n) is 8.93. The number of ether oxygens (including phenoxy) is 1. The molecule has 1 saturated heterocycles. The van der Waals surface area contributed by atoms with E-state index in [2.05, 4.69) is 72.0 Å². The summed E-state index contributed by atoms with van der Waals surface area (Å²) in [5.41, 5.74) is 3.46. The van der Waals surface area contributed by atoms with Gasteiger partial charge in [-0.25, -0.2) is 0 Å². The summed E-state index contributed by atoms with van der Waals surface area (Å²) in [7, 11) is 1.54. The lowest BCUT2D eigenvalue weighted by molar-refractivity contribution is -0.161. The molecule has 1 N–H and O–H groups in total. The fraction of sp³-hybridized carbons (Fsp3) is 0.346. The van der Waals surface area contributed by atoms with E-state index >= 15 is 0 Å². The van der Waals surface area contributed by atoms with Crippen LogP contribution in [0.5, 0.6) is 0 Å². The van der Waals surface area contributed by atoms with Gasteiger partial charge in [0.05, 0.1) is 12.5 Å². The molecule has 3 heteroatoms. The predicted octanol–water partition coefficient (Wildman–Crippen LogP) is 4.40. The first-order chi connectivity index (χ1) is 14.2. The molecule has 3 aromatic carbocycles. The number of methoxy groups -OCH3 is 1. The highest BCUT2D eigenvalue weighted by atomic mass is 16.5. The topological polar surface area (TPSA) is 38.3 Å². The maximum atomic E-state index is 13.3. The molecular weight excluding hydrogens is 358 g/mol. The molecule has 146 valence electrons. The zero-order valence-electron chi connectivity index (χ0n) is 16.7. The van der Waals surface area contributed by atoms with Gasteiger partial charge in [0.25, 0.3) is 0 Å². The maximum Gasteiger partial charge on any atom is 0.314 e. The van der Waals surface area contributed by atoms with Crippen molar-refractivity contribution in [1.82, 2.24) is 5.32 Å². The minimum Gasteiger partial charge on any atom is -0.469 e. The second-order valence-corrected chi connectivity index (χ2v) is 8.93. The van der Waals surface area contributed by atoms with Crippen LogP contribution in [-0.2, 0) is 14.9 Å². The summed E-state index contributed by atoms with van der Waals surface area (Å²) >= 11 is 0. The highest BCUT2D eigenvalue weighted by Crippen LogP contribution is 2.68. The number of nitrogens with one attached hydrogen (secondary N) is 1. The molecule has 2 fully saturated rings. The minimum absolute atomic E-state index is 0.0446. The van der Waals surface area contributed by atoms with E-state index in [-0.39, 0.29) is 23.2 Å². The van der Waals surface area contributed by atoms with E-state index in [0.717, 1.165) is 19.4 Å². The van der Waals surface area contributed by atoms with Crippen LogP contribution in [0.1, 0.15) is 35.4 Å². The summed E-state index contributed by atoms with van der Waals surface area (Å²) in [6.45, 7) is 1.56. The van der Waals surface area contributed by atoms with Gasteiger partial charge in [0.1, 0.15) is 0 Å². The molecule has 2 bridgehead atoms. The fourth-order valence-electron chi connectivity index (χ4n) is 6.99. The van der Waals surface area contributed by atoms with E-state index in [1.807, 2.05) is 0 Å². The van der Waals surface area contributed by atoms with Crippen LogP contribution in [0, 0.1) is 11.3 Å². The summed E-state index contributed by atoms with van der Waals surface area (Å²) in [5.74, 6) is 0.391. The van der Waals surface area contributed by atoms with Crippen molar-refractivity contribution in [2.75, 3.05) is 20.2 Å². The zero-order valence-corrected chi connectivity index (χ0v) is 16.7. The van der Waals surface area contributed by atoms with Crippen molar-refractivity contribution in [3.8, 4) is 0 Å². The van der Waals surface area contributed by atoms with Crippen LogP contribution < -0.4 is 5.32 Å². The standard InChI is InChI=1S/C26H25NO2/c1-29-24(28)26-16-27-15-23(26)25(13-12-22(26)20-8-4-5-9-21(20)25)19-11-10-17-6-2-3-7-18(17)14-19/h2-11,14,22-23,27H,12-13,15-16H2,1H3. The van der Waals surface area contributed by atoms with Crippen molar-refractivity contribution in [3.05, 3.63) is 83.4 Å². The third-order valence-corrected chi connectivity index (χ3v) is 8.08. The van der Waals surface area contributed by atoms with Crippen LogP contribution in [-0.4, -0.2) is 26.2 Å². The summed E-state index contributed by atoms with van der Waals surface area (Å²) in [6, 6.07) is 24.3. The van der Waals surface area contributed by atoms with Crippen molar-refractivity contribution in [2.24, 2.45) is 11.3 Å². The number of hydrogen-bond acceptors (Lipinski definition) is 3. The van der Waals surface area contributed by atoms with Crippen molar-refractivity contribution >= 4 is 16.7 Å². The Hall–Kier alpha value is -2.65. The zero-order chi connectivity index (χ0) is 19.6. The molecule has 0 aromatic heterocycles. The van der Waals surface area contributed by atoms with Gasteiger partial charge in [-0.1, -0.05) is 66.7 Å². The Balaban J connectivity index is 1.67. The average molecular weight is 383 g/mol. The van der Waals surface area contributed by atoms with Crippen LogP contribution in [0.15, 0.2) is 66.7 Å². The summed E-state index contributed by atoms with van der Waals surface area (Å²) in [6.07, 6.45) is 2.11. The van der Waals surface area contributed by atoms with Gasteiger partial charge < -0.3 is 10.1 Å². The van der Waals surface area contributed by atoms with E-state index in [9.17, 15) is 4.79 Å². The monoisotopic (exact) mass is 383 g/mol. The van der Waals surface area contributed by atoms with Crippen molar-refractivity contribution in [2.45, 2.75) is 24.2 Å². The van der Waals surface area contributed by atoms with Crippen molar-refractivity contribution in [3.63, 3.8) is 0 Å². The molecule has 0 radical (unpaired) electrons. The Morgan fingerprint density at radius 3 is 2.69 bits per heavy atom. The van der Waals surface area contributed by atoms with Gasteiger partial charge in [-0.2, -0.15) is 0 Å². The molecule has 1 saturated carbocycles. The van der Waals surface area contributed by atoms with Gasteiger partial charge in [0.2, 0.25) is 0 Å². The molecule has 29 heavy (non-hydrogen) atoms. The Morgan fingerprint density at radius 2 is 1.83 bits per heavy atom. The molecule has 4 unspecified atom stereocenters. The molecule has 3 aromatic rings. The summed E-state index contributed by atoms with van der Waals surface area (Å²) in [5, 5.41) is 6.11. The van der Waals surface area contributed by atoms with E-state index in [0.29, 0.717) is 6.54 Å². The van der Waals surface area contributed by atoms with Crippen LogP contribution in [0.25, 0.3) is 10.8 Å². The molecular formula is C26H25NO2. The SMILES string of the molecule is COC(=O)C12CNCC1C1(c3ccc4ccccc4c3)CCC2c2ccccc21. The van der Waals surface area contributed by atoms with Gasteiger partial charge in [-0.05, 0) is 40.3 Å². The number of benzene rings is 3. The fourth-order valence-corrected chi connectivity index (χ4v) is 6.99. The molecule has 3 nitrogen and oxygen atoms in total. The minimum atomic E-state index is -0.479. The quantitative estimate of drug-likeness (QED) is 0.667. The first kappa shape index (κ1) is 17.2. The van der Waals surface area contributed by atoms with Crippen LogP contribution >= 0.6 is 0 Å². The predicted molar refractivity (Wildman–Crippen MR) is 114 cm³/mol. The van der Waals surface area contributed by atoms with Crippen LogP contribution in [0.3, 0.4) is 0 Å². The third-order valence-electron chi connectivity index (χ3n) is 8.08. The highest BCUT2D eigenvalue weighted by molar-refractivity contribution is 5.85. The van der Waals surface area contributed by atoms with Crippen molar-refractivity contribution < 1.29 is 9.53 Å². The van der Waals surface area contributed by atoms with Crippen LogP contribution in [0.4, 0.5) is 0 Å². The average Bonchev–Trinajstić information content (AvgIpc) is 3.26. The van der Waals surface area contributed by atoms with E-state index in [4.69, 9.17) is 4.74 Å². The number of fused-ring (bicyclic) bond motifs is 2. The Labute approximate surface area is 171 Å². The largest absolute Gasteiger partial charge is 0.469 e. The highest BCUT2D eigenvalue weighted by Gasteiger charge is 2.69. The first-order valence-electron chi connectivity index (χ1n) is 10.6. The second kappa shape index (κ2) is 5.93. The normalized spacial score (nSPS) is 32.0. The van der Waals surface area contributed by atoms with Crippen molar-refractivity contribution in [1.29, 1.82) is 0 Å². The number of carbonyl (C=O) groups excluding carboxylic acids is 1. The van der Waals surface area contributed by atoms with E-state index < -0.39 is 5.41 Å². The Kier molecular flexibility index (Phi) is 3.52. The van der Waals surface area contributed by atoms with Gasteiger partial charge in [0.15, 0.2) is 0 Å². The van der Waals surface area contributed by atoms with E-state index in [1.165, 1.54) is 27.5 Å².